The minimum Gasteiger partial charge on any atom is -0.370 e. The van der Waals surface area contributed by atoms with E-state index in [4.69, 9.17) is 16.2 Å². The number of likely N-dealkylation sites (tertiary alicyclic amines) is 1. The third-order valence-corrected chi connectivity index (χ3v) is 5.13. The fourth-order valence-corrected chi connectivity index (χ4v) is 3.95. The molecule has 2 unspecified atom stereocenters. The zero-order chi connectivity index (χ0) is 18.1. The van der Waals surface area contributed by atoms with Gasteiger partial charge in [0.25, 0.3) is 0 Å². The summed E-state index contributed by atoms with van der Waals surface area (Å²) in [4.78, 5) is 1.94. The van der Waals surface area contributed by atoms with Gasteiger partial charge in [0.2, 0.25) is 0 Å². The van der Waals surface area contributed by atoms with Crippen molar-refractivity contribution < 1.29 is 0 Å². The van der Waals surface area contributed by atoms with E-state index in [2.05, 4.69) is 47.5 Å². The van der Waals surface area contributed by atoms with Crippen LogP contribution in [-0.2, 0) is 0 Å². The number of guanidine groups is 1. The van der Waals surface area contributed by atoms with Gasteiger partial charge in [-0.05, 0) is 22.8 Å². The van der Waals surface area contributed by atoms with Gasteiger partial charge >= 0.3 is 0 Å². The van der Waals surface area contributed by atoms with Crippen molar-refractivity contribution in [2.75, 3.05) is 20.1 Å². The summed E-state index contributed by atoms with van der Waals surface area (Å²) < 4.78 is 0. The summed E-state index contributed by atoms with van der Waals surface area (Å²) in [6, 6.07) is 20.9. The predicted molar refractivity (Wildman–Crippen MR) is 113 cm³/mol. The van der Waals surface area contributed by atoms with Gasteiger partial charge in [-0.15, -0.1) is 12.4 Å². The number of hydrazone groups is 1. The lowest BCUT2D eigenvalue weighted by Crippen LogP contribution is -2.48. The molecule has 3 N–H and O–H groups in total. The predicted octanol–water partition coefficient (Wildman–Crippen LogP) is 3.36. The number of benzene rings is 2. The standard InChI is InChI=1S/C21H23N5.ClH/c1-25-20(16-10-6-3-7-11-16)18-14-26(21(22)23)13-17(19(18)24-25)12-15-8-4-2-5-9-15;/h2-12,18,20H,13-14H2,1H3,(H3,22,23);1H/b17-12+;. The molecule has 0 saturated carbocycles. The molecule has 1 saturated heterocycles. The van der Waals surface area contributed by atoms with Crippen molar-refractivity contribution in [3.05, 3.63) is 77.4 Å². The van der Waals surface area contributed by atoms with Crippen LogP contribution in [0.5, 0.6) is 0 Å². The lowest BCUT2D eigenvalue weighted by molar-refractivity contribution is 0.226. The maximum absolute atomic E-state index is 7.95. The van der Waals surface area contributed by atoms with Crippen LogP contribution in [0.1, 0.15) is 17.2 Å². The molecular formula is C21H24ClN5. The Morgan fingerprint density at radius 2 is 1.74 bits per heavy atom. The molecule has 2 aromatic carbocycles. The third-order valence-electron chi connectivity index (χ3n) is 5.13. The number of nitrogens with two attached hydrogens (primary N) is 1. The number of hydrogen-bond acceptors (Lipinski definition) is 3. The fourth-order valence-electron chi connectivity index (χ4n) is 3.95. The van der Waals surface area contributed by atoms with Crippen LogP contribution in [0.3, 0.4) is 0 Å². The molecule has 140 valence electrons. The number of halogens is 1. The minimum atomic E-state index is 0. The summed E-state index contributed by atoms with van der Waals surface area (Å²) in [7, 11) is 2.03. The molecule has 0 amide bonds. The Morgan fingerprint density at radius 1 is 1.11 bits per heavy atom. The Labute approximate surface area is 166 Å². The number of piperidine rings is 1. The van der Waals surface area contributed by atoms with Gasteiger partial charge in [0.05, 0.1) is 11.8 Å². The minimum absolute atomic E-state index is 0. The largest absolute Gasteiger partial charge is 0.370 e. The van der Waals surface area contributed by atoms with E-state index in [0.29, 0.717) is 13.1 Å². The zero-order valence-corrected chi connectivity index (χ0v) is 16.1. The normalized spacial score (nSPS) is 22.9. The Balaban J connectivity index is 0.00000210. The summed E-state index contributed by atoms with van der Waals surface area (Å²) in [5.41, 5.74) is 10.5. The lowest BCUT2D eigenvalue weighted by atomic mass is 9.83. The highest BCUT2D eigenvalue weighted by molar-refractivity contribution is 6.08. The van der Waals surface area contributed by atoms with Gasteiger partial charge < -0.3 is 10.6 Å². The smallest absolute Gasteiger partial charge is 0.188 e. The molecule has 2 aliphatic rings. The van der Waals surface area contributed by atoms with Crippen LogP contribution < -0.4 is 5.73 Å². The highest BCUT2D eigenvalue weighted by atomic mass is 35.5. The maximum atomic E-state index is 7.95. The average molecular weight is 382 g/mol. The monoisotopic (exact) mass is 381 g/mol. The zero-order valence-electron chi connectivity index (χ0n) is 15.2. The second-order valence-electron chi connectivity index (χ2n) is 6.87. The molecule has 1 fully saturated rings. The first-order valence-electron chi connectivity index (χ1n) is 8.84. The van der Waals surface area contributed by atoms with E-state index < -0.39 is 0 Å². The number of nitrogens with one attached hydrogen (secondary N) is 1. The number of fused-ring (bicyclic) bond motifs is 1. The van der Waals surface area contributed by atoms with Crippen molar-refractivity contribution in [1.82, 2.24) is 9.91 Å². The first-order valence-corrected chi connectivity index (χ1v) is 8.84. The third kappa shape index (κ3) is 3.69. The molecule has 0 bridgehead atoms. The highest BCUT2D eigenvalue weighted by Gasteiger charge is 2.42. The van der Waals surface area contributed by atoms with Gasteiger partial charge in [0.1, 0.15) is 0 Å². The van der Waals surface area contributed by atoms with Crippen LogP contribution in [0.4, 0.5) is 0 Å². The Hall–Kier alpha value is -2.79. The number of rotatable bonds is 2. The molecule has 0 spiro atoms. The average Bonchev–Trinajstić information content (AvgIpc) is 2.99. The fraction of sp³-hybridized carbons (Fsp3) is 0.238. The highest BCUT2D eigenvalue weighted by Crippen LogP contribution is 2.39. The molecule has 2 heterocycles. The summed E-state index contributed by atoms with van der Waals surface area (Å²) >= 11 is 0. The Kier molecular flexibility index (Phi) is 5.51. The summed E-state index contributed by atoms with van der Waals surface area (Å²) in [6.45, 7) is 1.33. The van der Waals surface area contributed by atoms with Crippen molar-refractivity contribution >= 4 is 30.2 Å². The molecule has 2 atom stereocenters. The Bertz CT molecular complexity index is 863. The lowest BCUT2D eigenvalue weighted by Gasteiger charge is -2.36. The van der Waals surface area contributed by atoms with Crippen LogP contribution in [-0.4, -0.2) is 41.7 Å². The molecular weight excluding hydrogens is 358 g/mol. The van der Waals surface area contributed by atoms with Gasteiger partial charge in [-0.1, -0.05) is 60.7 Å². The molecule has 0 aliphatic carbocycles. The molecule has 0 aromatic heterocycles. The van der Waals surface area contributed by atoms with E-state index in [1.54, 1.807) is 0 Å². The van der Waals surface area contributed by atoms with E-state index in [-0.39, 0.29) is 30.3 Å². The van der Waals surface area contributed by atoms with Crippen LogP contribution in [0, 0.1) is 11.3 Å². The molecule has 4 rings (SSSR count). The van der Waals surface area contributed by atoms with E-state index in [1.165, 1.54) is 5.56 Å². The molecule has 2 aromatic rings. The van der Waals surface area contributed by atoms with E-state index in [1.807, 2.05) is 36.2 Å². The van der Waals surface area contributed by atoms with Gasteiger partial charge in [-0.25, -0.2) is 0 Å². The molecule has 5 nitrogen and oxygen atoms in total. The summed E-state index contributed by atoms with van der Waals surface area (Å²) in [5, 5.41) is 14.9. The van der Waals surface area contributed by atoms with Crippen molar-refractivity contribution in [2.45, 2.75) is 6.04 Å². The quantitative estimate of drug-likeness (QED) is 0.619. The van der Waals surface area contributed by atoms with Gasteiger partial charge in [0, 0.05) is 26.1 Å². The van der Waals surface area contributed by atoms with E-state index in [9.17, 15) is 0 Å². The van der Waals surface area contributed by atoms with Gasteiger partial charge in [0.15, 0.2) is 5.96 Å². The number of hydrogen-bond donors (Lipinski definition) is 2. The summed E-state index contributed by atoms with van der Waals surface area (Å²) in [6.07, 6.45) is 2.17. The van der Waals surface area contributed by atoms with E-state index in [0.717, 1.165) is 16.8 Å². The van der Waals surface area contributed by atoms with Crippen molar-refractivity contribution in [3.63, 3.8) is 0 Å². The molecule has 2 aliphatic heterocycles. The maximum Gasteiger partial charge on any atom is 0.188 e. The second-order valence-corrected chi connectivity index (χ2v) is 6.87. The van der Waals surface area contributed by atoms with Crippen molar-refractivity contribution in [2.24, 2.45) is 16.8 Å². The van der Waals surface area contributed by atoms with E-state index >= 15 is 0 Å². The van der Waals surface area contributed by atoms with Crippen LogP contribution in [0.2, 0.25) is 0 Å². The van der Waals surface area contributed by atoms with Gasteiger partial charge in [-0.2, -0.15) is 5.10 Å². The Morgan fingerprint density at radius 3 is 2.37 bits per heavy atom. The molecule has 6 heteroatoms. The van der Waals surface area contributed by atoms with Gasteiger partial charge in [-0.3, -0.25) is 10.4 Å². The first kappa shape index (κ1) is 19.0. The van der Waals surface area contributed by atoms with Crippen LogP contribution in [0.25, 0.3) is 6.08 Å². The number of nitrogens with zero attached hydrogens (tertiary/aromatic N) is 3. The topological polar surface area (TPSA) is 68.7 Å². The van der Waals surface area contributed by atoms with Crippen molar-refractivity contribution in [3.8, 4) is 0 Å². The molecule has 27 heavy (non-hydrogen) atoms. The first-order chi connectivity index (χ1) is 12.6. The SMILES string of the molecule is CN1N=C2/C(=C/c3ccccc3)CN(C(=N)N)CC2C1c1ccccc1.Cl. The second kappa shape index (κ2) is 7.84. The van der Waals surface area contributed by atoms with Crippen LogP contribution in [0.15, 0.2) is 71.3 Å². The molecule has 0 radical (unpaired) electrons. The summed E-state index contributed by atoms with van der Waals surface area (Å²) in [5.74, 6) is 0.305. The van der Waals surface area contributed by atoms with Crippen molar-refractivity contribution in [1.29, 1.82) is 5.41 Å². The van der Waals surface area contributed by atoms with Crippen LogP contribution >= 0.6 is 12.4 Å².